The van der Waals surface area contributed by atoms with Crippen molar-refractivity contribution in [2.75, 3.05) is 18.0 Å². The zero-order valence-corrected chi connectivity index (χ0v) is 10.9. The fourth-order valence-corrected chi connectivity index (χ4v) is 3.70. The largest absolute Gasteiger partial charge is 0.392 e. The third-order valence-corrected chi connectivity index (χ3v) is 4.88. The minimum absolute atomic E-state index is 0.0881. The Hall–Kier alpha value is -1.09. The average Bonchev–Trinajstić information content (AvgIpc) is 2.88. The number of aliphatic hydroxyl groups excluding tert-OH is 1. The number of hydrogen-bond acceptors (Lipinski definition) is 3. The van der Waals surface area contributed by atoms with Crippen molar-refractivity contribution < 1.29 is 5.11 Å². The van der Waals surface area contributed by atoms with Crippen molar-refractivity contribution >= 4 is 5.69 Å². The van der Waals surface area contributed by atoms with Crippen molar-refractivity contribution in [3.05, 3.63) is 24.0 Å². The Bertz CT molecular complexity index is 403. The van der Waals surface area contributed by atoms with Crippen LogP contribution in [0.3, 0.4) is 0 Å². The van der Waals surface area contributed by atoms with Crippen LogP contribution in [-0.2, 0) is 6.61 Å². The van der Waals surface area contributed by atoms with Gasteiger partial charge in [0, 0.05) is 36.7 Å². The van der Waals surface area contributed by atoms with Gasteiger partial charge in [0.1, 0.15) is 0 Å². The predicted molar refractivity (Wildman–Crippen MR) is 72.5 cm³/mol. The second-order valence-corrected chi connectivity index (χ2v) is 5.86. The van der Waals surface area contributed by atoms with Crippen molar-refractivity contribution in [3.63, 3.8) is 0 Å². The highest BCUT2D eigenvalue weighted by atomic mass is 16.3. The summed E-state index contributed by atoms with van der Waals surface area (Å²) in [7, 11) is 0. The molecular formula is C15H22N2O. The van der Waals surface area contributed by atoms with Crippen molar-refractivity contribution in [3.8, 4) is 0 Å². The van der Waals surface area contributed by atoms with Crippen LogP contribution in [0.25, 0.3) is 0 Å². The lowest BCUT2D eigenvalue weighted by Crippen LogP contribution is -2.39. The lowest BCUT2D eigenvalue weighted by Gasteiger charge is -2.41. The van der Waals surface area contributed by atoms with Gasteiger partial charge in [-0.2, -0.15) is 0 Å². The average molecular weight is 246 g/mol. The molecule has 3 nitrogen and oxygen atoms in total. The molecule has 2 aliphatic rings. The Morgan fingerprint density at radius 1 is 1.17 bits per heavy atom. The number of rotatable bonds is 2. The molecule has 0 atom stereocenters. The van der Waals surface area contributed by atoms with E-state index in [0.717, 1.165) is 18.7 Å². The number of aliphatic hydroxyl groups is 1. The molecule has 0 bridgehead atoms. The molecule has 2 fully saturated rings. The Kier molecular flexibility index (Phi) is 3.25. The molecule has 0 amide bonds. The van der Waals surface area contributed by atoms with Crippen LogP contribution in [-0.4, -0.2) is 23.2 Å². The van der Waals surface area contributed by atoms with Crippen LogP contribution in [0.2, 0.25) is 0 Å². The van der Waals surface area contributed by atoms with Crippen LogP contribution < -0.4 is 4.90 Å². The van der Waals surface area contributed by atoms with E-state index in [2.05, 4.69) is 9.88 Å². The van der Waals surface area contributed by atoms with Crippen LogP contribution >= 0.6 is 0 Å². The van der Waals surface area contributed by atoms with Gasteiger partial charge in [0.05, 0.1) is 6.61 Å². The fourth-order valence-electron chi connectivity index (χ4n) is 3.70. The first-order chi connectivity index (χ1) is 8.83. The molecule has 98 valence electrons. The molecule has 18 heavy (non-hydrogen) atoms. The number of piperidine rings is 1. The molecule has 1 aromatic rings. The van der Waals surface area contributed by atoms with E-state index in [4.69, 9.17) is 0 Å². The van der Waals surface area contributed by atoms with E-state index in [1.807, 2.05) is 12.3 Å². The van der Waals surface area contributed by atoms with Gasteiger partial charge in [-0.05, 0) is 37.2 Å². The Morgan fingerprint density at radius 3 is 2.56 bits per heavy atom. The lowest BCUT2D eigenvalue weighted by molar-refractivity contribution is 0.225. The molecule has 1 aromatic heterocycles. The second-order valence-electron chi connectivity index (χ2n) is 5.86. The molecule has 1 aliphatic carbocycles. The van der Waals surface area contributed by atoms with E-state index in [0.29, 0.717) is 5.41 Å². The number of anilines is 1. The summed E-state index contributed by atoms with van der Waals surface area (Å²) in [5.41, 5.74) is 2.79. The summed E-state index contributed by atoms with van der Waals surface area (Å²) in [4.78, 5) is 6.52. The van der Waals surface area contributed by atoms with Gasteiger partial charge in [0.25, 0.3) is 0 Å². The van der Waals surface area contributed by atoms with Gasteiger partial charge in [-0.3, -0.25) is 4.98 Å². The first kappa shape index (κ1) is 12.0. The maximum atomic E-state index is 9.39. The minimum atomic E-state index is 0.0881. The summed E-state index contributed by atoms with van der Waals surface area (Å²) in [5, 5.41) is 9.39. The highest BCUT2D eigenvalue weighted by Gasteiger charge is 2.37. The Morgan fingerprint density at radius 2 is 1.89 bits per heavy atom. The summed E-state index contributed by atoms with van der Waals surface area (Å²) in [6.07, 6.45) is 12.0. The second kappa shape index (κ2) is 4.88. The molecule has 0 unspecified atom stereocenters. The van der Waals surface area contributed by atoms with Crippen LogP contribution in [0, 0.1) is 5.41 Å². The van der Waals surface area contributed by atoms with Crippen LogP contribution in [0.5, 0.6) is 0 Å². The molecule has 1 spiro atoms. The van der Waals surface area contributed by atoms with E-state index in [1.165, 1.54) is 44.2 Å². The summed E-state index contributed by atoms with van der Waals surface area (Å²) in [6.45, 7) is 2.36. The van der Waals surface area contributed by atoms with Gasteiger partial charge in [-0.15, -0.1) is 0 Å². The molecule has 3 heteroatoms. The quantitative estimate of drug-likeness (QED) is 0.871. The molecule has 3 rings (SSSR count). The highest BCUT2D eigenvalue weighted by Crippen LogP contribution is 2.46. The van der Waals surface area contributed by atoms with Gasteiger partial charge in [-0.25, -0.2) is 0 Å². The molecule has 1 N–H and O–H groups in total. The number of hydrogen-bond donors (Lipinski definition) is 1. The zero-order valence-electron chi connectivity index (χ0n) is 10.9. The third-order valence-electron chi connectivity index (χ3n) is 4.88. The molecule has 1 saturated heterocycles. The van der Waals surface area contributed by atoms with Gasteiger partial charge < -0.3 is 10.0 Å². The molecule has 1 saturated carbocycles. The maximum absolute atomic E-state index is 9.39. The van der Waals surface area contributed by atoms with E-state index >= 15 is 0 Å². The molecule has 0 radical (unpaired) electrons. The standard InChI is InChI=1S/C15H22N2O/c18-12-13-11-16-8-3-14(13)17-9-6-15(7-10-17)4-1-2-5-15/h3,8,11,18H,1-2,4-7,9-10,12H2. The molecule has 0 aromatic carbocycles. The van der Waals surface area contributed by atoms with Gasteiger partial charge >= 0.3 is 0 Å². The van der Waals surface area contributed by atoms with Crippen molar-refractivity contribution in [1.29, 1.82) is 0 Å². The monoisotopic (exact) mass is 246 g/mol. The summed E-state index contributed by atoms with van der Waals surface area (Å²) in [5.74, 6) is 0. The van der Waals surface area contributed by atoms with Crippen LogP contribution in [0.15, 0.2) is 18.5 Å². The van der Waals surface area contributed by atoms with Crippen LogP contribution in [0.4, 0.5) is 5.69 Å². The Labute approximate surface area is 109 Å². The van der Waals surface area contributed by atoms with E-state index < -0.39 is 0 Å². The SMILES string of the molecule is OCc1cnccc1N1CCC2(CCCC2)CC1. The number of aromatic nitrogens is 1. The maximum Gasteiger partial charge on any atom is 0.0717 e. The smallest absolute Gasteiger partial charge is 0.0717 e. The van der Waals surface area contributed by atoms with E-state index in [9.17, 15) is 5.11 Å². The topological polar surface area (TPSA) is 36.4 Å². The molecule has 1 aliphatic heterocycles. The number of nitrogens with zero attached hydrogens (tertiary/aromatic N) is 2. The first-order valence-corrected chi connectivity index (χ1v) is 7.12. The fraction of sp³-hybridized carbons (Fsp3) is 0.667. The highest BCUT2D eigenvalue weighted by molar-refractivity contribution is 5.52. The first-order valence-electron chi connectivity index (χ1n) is 7.12. The Balaban J connectivity index is 1.72. The molecule has 2 heterocycles. The number of pyridine rings is 1. The minimum Gasteiger partial charge on any atom is -0.392 e. The van der Waals surface area contributed by atoms with E-state index in [1.54, 1.807) is 6.20 Å². The van der Waals surface area contributed by atoms with E-state index in [-0.39, 0.29) is 6.61 Å². The van der Waals surface area contributed by atoms with Crippen molar-refractivity contribution in [1.82, 2.24) is 4.98 Å². The lowest BCUT2D eigenvalue weighted by atomic mass is 9.77. The third kappa shape index (κ3) is 2.12. The summed E-state index contributed by atoms with van der Waals surface area (Å²) < 4.78 is 0. The predicted octanol–water partition coefficient (Wildman–Crippen LogP) is 2.73. The normalized spacial score (nSPS) is 22.6. The summed E-state index contributed by atoms with van der Waals surface area (Å²) in [6, 6.07) is 2.04. The zero-order chi connectivity index (χ0) is 12.4. The van der Waals surface area contributed by atoms with Crippen LogP contribution in [0.1, 0.15) is 44.1 Å². The van der Waals surface area contributed by atoms with Gasteiger partial charge in [0.15, 0.2) is 0 Å². The van der Waals surface area contributed by atoms with Gasteiger partial charge in [-0.1, -0.05) is 12.8 Å². The van der Waals surface area contributed by atoms with Crippen molar-refractivity contribution in [2.45, 2.75) is 45.1 Å². The summed E-state index contributed by atoms with van der Waals surface area (Å²) >= 11 is 0. The van der Waals surface area contributed by atoms with Crippen molar-refractivity contribution in [2.24, 2.45) is 5.41 Å². The van der Waals surface area contributed by atoms with Gasteiger partial charge in [0.2, 0.25) is 0 Å². The molecular weight excluding hydrogens is 224 g/mol.